The van der Waals surface area contributed by atoms with Gasteiger partial charge in [0.2, 0.25) is 0 Å². The van der Waals surface area contributed by atoms with Gasteiger partial charge in [0.25, 0.3) is 0 Å². The van der Waals surface area contributed by atoms with E-state index in [1.54, 1.807) is 6.92 Å². The van der Waals surface area contributed by atoms with Crippen LogP contribution in [0.1, 0.15) is 130 Å². The normalized spacial score (nSPS) is 34.1. The van der Waals surface area contributed by atoms with Crippen molar-refractivity contribution in [3.8, 4) is 0 Å². The number of hydrogen-bond donors (Lipinski definition) is 0. The summed E-state index contributed by atoms with van der Waals surface area (Å²) < 4.78 is 10.9. The van der Waals surface area contributed by atoms with Gasteiger partial charge in [-0.2, -0.15) is 0 Å². The number of rotatable bonds is 13. The Labute approximate surface area is 230 Å². The van der Waals surface area contributed by atoms with Crippen LogP contribution in [0.4, 0.5) is 0 Å². The van der Waals surface area contributed by atoms with Gasteiger partial charge in [-0.1, -0.05) is 63.9 Å². The lowest BCUT2D eigenvalue weighted by Gasteiger charge is -2.56. The molecule has 0 aromatic heterocycles. The molecule has 0 amide bonds. The first kappa shape index (κ1) is 29.3. The monoisotopic (exact) mass is 528 g/mol. The molecule has 0 aliphatic heterocycles. The largest absolute Gasteiger partial charge is 0.466 e. The molecule has 0 bridgehead atoms. The molecule has 7 unspecified atom stereocenters. The smallest absolute Gasteiger partial charge is 0.302 e. The van der Waals surface area contributed by atoms with Gasteiger partial charge in [-0.15, -0.1) is 0 Å². The first-order valence-electron chi connectivity index (χ1n) is 15.8. The second kappa shape index (κ2) is 13.6. The van der Waals surface area contributed by atoms with Gasteiger partial charge >= 0.3 is 11.9 Å². The summed E-state index contributed by atoms with van der Waals surface area (Å²) in [6.45, 7) is 6.01. The van der Waals surface area contributed by atoms with Crippen LogP contribution in [0.2, 0.25) is 0 Å². The van der Waals surface area contributed by atoms with Gasteiger partial charge in [0.15, 0.2) is 5.78 Å². The van der Waals surface area contributed by atoms with Crippen LogP contribution in [0.15, 0.2) is 11.6 Å². The van der Waals surface area contributed by atoms with E-state index in [-0.39, 0.29) is 23.5 Å². The third-order valence-corrected chi connectivity index (χ3v) is 10.7. The second-order valence-corrected chi connectivity index (χ2v) is 13.2. The van der Waals surface area contributed by atoms with Gasteiger partial charge < -0.3 is 9.47 Å². The van der Waals surface area contributed by atoms with Gasteiger partial charge in [-0.05, 0) is 87.0 Å². The Kier molecular flexibility index (Phi) is 10.5. The highest BCUT2D eigenvalue weighted by atomic mass is 16.5. The summed E-state index contributed by atoms with van der Waals surface area (Å²) in [5.41, 5.74) is 1.59. The predicted molar refractivity (Wildman–Crippen MR) is 149 cm³/mol. The number of ketones is 1. The van der Waals surface area contributed by atoms with Crippen LogP contribution in [0.5, 0.6) is 0 Å². The molecular weight excluding hydrogens is 476 g/mol. The van der Waals surface area contributed by atoms with Crippen LogP contribution < -0.4 is 0 Å². The quantitative estimate of drug-likeness (QED) is 0.180. The maximum atomic E-state index is 12.3. The minimum absolute atomic E-state index is 0.0816. The molecule has 38 heavy (non-hydrogen) atoms. The number of esters is 2. The third-order valence-electron chi connectivity index (χ3n) is 10.7. The van der Waals surface area contributed by atoms with Crippen LogP contribution >= 0.6 is 0 Å². The van der Waals surface area contributed by atoms with Crippen molar-refractivity contribution in [1.82, 2.24) is 0 Å². The highest BCUT2D eigenvalue weighted by Crippen LogP contribution is 2.64. The maximum Gasteiger partial charge on any atom is 0.302 e. The lowest BCUT2D eigenvalue weighted by Crippen LogP contribution is -2.51. The zero-order valence-electron chi connectivity index (χ0n) is 24.3. The number of fused-ring (bicyclic) bond motifs is 5. The van der Waals surface area contributed by atoms with E-state index in [1.807, 2.05) is 6.08 Å². The predicted octanol–water partition coefficient (Wildman–Crippen LogP) is 7.75. The molecule has 4 aliphatic carbocycles. The summed E-state index contributed by atoms with van der Waals surface area (Å²) in [5.74, 6) is 3.40. The van der Waals surface area contributed by atoms with Crippen molar-refractivity contribution < 1.29 is 23.9 Å². The van der Waals surface area contributed by atoms with Crippen molar-refractivity contribution in [2.45, 2.75) is 136 Å². The van der Waals surface area contributed by atoms with Crippen LogP contribution in [0.25, 0.3) is 0 Å². The van der Waals surface area contributed by atoms with Crippen molar-refractivity contribution in [1.29, 1.82) is 0 Å². The van der Waals surface area contributed by atoms with Crippen molar-refractivity contribution in [2.75, 3.05) is 6.61 Å². The van der Waals surface area contributed by atoms with Crippen molar-refractivity contribution >= 4 is 17.7 Å². The molecule has 3 saturated carbocycles. The van der Waals surface area contributed by atoms with Gasteiger partial charge in [-0.25, -0.2) is 0 Å². The average molecular weight is 529 g/mol. The molecule has 5 heteroatoms. The highest BCUT2D eigenvalue weighted by Gasteiger charge is 2.59. The molecule has 0 aromatic carbocycles. The van der Waals surface area contributed by atoms with Gasteiger partial charge in [0, 0.05) is 25.7 Å². The summed E-state index contributed by atoms with van der Waals surface area (Å²) in [6.07, 6.45) is 22.1. The van der Waals surface area contributed by atoms with E-state index < -0.39 is 0 Å². The van der Waals surface area contributed by atoms with E-state index in [1.165, 1.54) is 76.7 Å². The summed E-state index contributed by atoms with van der Waals surface area (Å²) >= 11 is 0. The lowest BCUT2D eigenvalue weighted by molar-refractivity contribution is -0.157. The highest BCUT2D eigenvalue weighted by molar-refractivity contribution is 5.91. The first-order chi connectivity index (χ1) is 18.3. The number of allylic oxidation sites excluding steroid dienone is 1. The van der Waals surface area contributed by atoms with E-state index in [0.29, 0.717) is 36.1 Å². The molecule has 0 heterocycles. The lowest BCUT2D eigenvalue weighted by atomic mass is 9.49. The molecule has 3 fully saturated rings. The molecule has 214 valence electrons. The molecule has 5 nitrogen and oxygen atoms in total. The number of hydrogen-bond acceptors (Lipinski definition) is 5. The SMILES string of the molecule is CC(=O)OCCCCCCCCCCCC1CC2=CC(=O)CCC2C2CCC3(C)C(OC(C)=O)CCC3C12. The molecule has 4 rings (SSSR count). The standard InChI is InChI=1S/C33H52O5/c1-23(34)37-20-12-10-8-6-4-5-7-9-11-13-25-21-26-22-27(36)14-15-28(26)29-18-19-33(3)30(32(25)29)16-17-31(33)38-24(2)35/h22,25,28-32H,4-21H2,1-3H3. The van der Waals surface area contributed by atoms with Crippen LogP contribution in [-0.2, 0) is 23.9 Å². The molecule has 7 atom stereocenters. The summed E-state index contributed by atoms with van der Waals surface area (Å²) in [4.78, 5) is 35.0. The Morgan fingerprint density at radius 1 is 0.895 bits per heavy atom. The molecule has 4 aliphatic rings. The molecule has 0 radical (unpaired) electrons. The fourth-order valence-corrected chi connectivity index (χ4v) is 8.98. The van der Waals surface area contributed by atoms with E-state index in [0.717, 1.165) is 50.9 Å². The van der Waals surface area contributed by atoms with E-state index in [2.05, 4.69) is 6.92 Å². The zero-order chi connectivity index (χ0) is 27.1. The van der Waals surface area contributed by atoms with E-state index in [9.17, 15) is 14.4 Å². The number of carbonyl (C=O) groups excluding carboxylic acids is 3. The topological polar surface area (TPSA) is 69.7 Å². The van der Waals surface area contributed by atoms with Crippen molar-refractivity contribution in [3.05, 3.63) is 11.6 Å². The average Bonchev–Trinajstić information content (AvgIpc) is 3.19. The van der Waals surface area contributed by atoms with E-state index in [4.69, 9.17) is 9.47 Å². The van der Waals surface area contributed by atoms with E-state index >= 15 is 0 Å². The van der Waals surface area contributed by atoms with Gasteiger partial charge in [0.05, 0.1) is 6.61 Å². The Morgan fingerprint density at radius 2 is 1.58 bits per heavy atom. The second-order valence-electron chi connectivity index (χ2n) is 13.2. The fraction of sp³-hybridized carbons (Fsp3) is 0.848. The molecule has 0 saturated heterocycles. The summed E-state index contributed by atoms with van der Waals surface area (Å²) in [6, 6.07) is 0. The van der Waals surface area contributed by atoms with Crippen LogP contribution in [0, 0.1) is 35.0 Å². The molecule has 0 spiro atoms. The fourth-order valence-electron chi connectivity index (χ4n) is 8.98. The number of ether oxygens (including phenoxy) is 2. The molecule has 0 N–H and O–H groups in total. The number of unbranched alkanes of at least 4 members (excludes halogenated alkanes) is 8. The Bertz CT molecular complexity index is 861. The Balaban J connectivity index is 1.27. The maximum absolute atomic E-state index is 12.3. The summed E-state index contributed by atoms with van der Waals surface area (Å²) in [7, 11) is 0. The Hall–Kier alpha value is -1.65. The third kappa shape index (κ3) is 7.10. The van der Waals surface area contributed by atoms with Crippen LogP contribution in [0.3, 0.4) is 0 Å². The van der Waals surface area contributed by atoms with Gasteiger partial charge in [0.1, 0.15) is 6.10 Å². The van der Waals surface area contributed by atoms with Crippen molar-refractivity contribution in [2.24, 2.45) is 35.0 Å². The first-order valence-corrected chi connectivity index (χ1v) is 15.8. The van der Waals surface area contributed by atoms with Gasteiger partial charge in [-0.3, -0.25) is 14.4 Å². The molecular formula is C33H52O5. The minimum Gasteiger partial charge on any atom is -0.466 e. The summed E-state index contributed by atoms with van der Waals surface area (Å²) in [5, 5.41) is 0. The Morgan fingerprint density at radius 3 is 2.26 bits per heavy atom. The zero-order valence-corrected chi connectivity index (χ0v) is 24.3. The number of carbonyl (C=O) groups is 3. The minimum atomic E-state index is -0.176. The van der Waals surface area contributed by atoms with Crippen molar-refractivity contribution in [3.63, 3.8) is 0 Å². The van der Waals surface area contributed by atoms with Crippen LogP contribution in [-0.4, -0.2) is 30.4 Å². The molecule has 0 aromatic rings.